The fourth-order valence-corrected chi connectivity index (χ4v) is 2.81. The number of carbonyl (C=O) groups excluding carboxylic acids is 1. The molecule has 0 aromatic heterocycles. The number of amides is 1. The molecule has 1 amide bonds. The highest BCUT2D eigenvalue weighted by molar-refractivity contribution is 7.90. The predicted molar refractivity (Wildman–Crippen MR) is 76.8 cm³/mol. The van der Waals surface area contributed by atoms with Crippen molar-refractivity contribution in [2.45, 2.75) is 56.9 Å². The smallest absolute Gasteiger partial charge is 0.404 e. The highest BCUT2D eigenvalue weighted by Crippen LogP contribution is 2.34. The topological polar surface area (TPSA) is 87.4 Å². The lowest BCUT2D eigenvalue weighted by Gasteiger charge is -2.36. The van der Waals surface area contributed by atoms with Crippen molar-refractivity contribution in [2.75, 3.05) is 0 Å². The van der Waals surface area contributed by atoms with Gasteiger partial charge in [0.1, 0.15) is 10.9 Å². The van der Waals surface area contributed by atoms with Gasteiger partial charge in [-0.2, -0.15) is 0 Å². The van der Waals surface area contributed by atoms with E-state index < -0.39 is 17.5 Å². The van der Waals surface area contributed by atoms with Gasteiger partial charge < -0.3 is 15.0 Å². The van der Waals surface area contributed by atoms with Gasteiger partial charge >= 0.3 is 6.09 Å². The summed E-state index contributed by atoms with van der Waals surface area (Å²) >= 11 is -1.11. The van der Waals surface area contributed by atoms with Crippen molar-refractivity contribution in [3.8, 4) is 0 Å². The Kier molecular flexibility index (Phi) is 5.70. The van der Waals surface area contributed by atoms with Gasteiger partial charge in [0, 0.05) is 11.4 Å². The van der Waals surface area contributed by atoms with Crippen LogP contribution in [0.1, 0.15) is 40.0 Å². The molecule has 1 aliphatic carbocycles. The Morgan fingerprint density at radius 3 is 2.63 bits per heavy atom. The van der Waals surface area contributed by atoms with Gasteiger partial charge in [-0.1, -0.05) is 6.08 Å². The van der Waals surface area contributed by atoms with E-state index in [2.05, 4.69) is 11.3 Å². The summed E-state index contributed by atoms with van der Waals surface area (Å²) in [5.41, 5.74) is 4.96. The Labute approximate surface area is 118 Å². The molecular formula is C13H24N2O3S. The lowest BCUT2D eigenvalue weighted by atomic mass is 9.78. The molecule has 0 unspecified atom stereocenters. The van der Waals surface area contributed by atoms with Gasteiger partial charge in [-0.25, -0.2) is 4.79 Å². The number of hydrogen-bond acceptors (Lipinski definition) is 4. The average molecular weight is 288 g/mol. The van der Waals surface area contributed by atoms with E-state index in [4.69, 9.17) is 10.5 Å². The normalized spacial score (nSPS) is 26.1. The van der Waals surface area contributed by atoms with E-state index in [-0.39, 0.29) is 16.9 Å². The van der Waals surface area contributed by atoms with E-state index in [9.17, 15) is 9.35 Å². The molecule has 0 radical (unpaired) electrons. The monoisotopic (exact) mass is 288 g/mol. The van der Waals surface area contributed by atoms with Gasteiger partial charge in [-0.05, 0) is 46.0 Å². The van der Waals surface area contributed by atoms with Crippen LogP contribution in [0.5, 0.6) is 0 Å². The van der Waals surface area contributed by atoms with Gasteiger partial charge in [0.25, 0.3) is 0 Å². The zero-order valence-corrected chi connectivity index (χ0v) is 12.7. The summed E-state index contributed by atoms with van der Waals surface area (Å²) in [6.07, 6.45) is 3.50. The predicted octanol–water partition coefficient (Wildman–Crippen LogP) is 1.86. The van der Waals surface area contributed by atoms with Crippen LogP contribution < -0.4 is 10.5 Å². The molecule has 1 saturated carbocycles. The second-order valence-electron chi connectivity index (χ2n) is 5.97. The highest BCUT2D eigenvalue weighted by atomic mass is 32.2. The Morgan fingerprint density at radius 2 is 2.21 bits per heavy atom. The summed E-state index contributed by atoms with van der Waals surface area (Å²) in [6, 6.07) is 0.0135. The number of nitrogens with two attached hydrogens (primary N) is 1. The number of carbonyl (C=O) groups is 1. The third-order valence-electron chi connectivity index (χ3n) is 3.16. The molecule has 2 atom stereocenters. The van der Waals surface area contributed by atoms with Crippen LogP contribution in [0.25, 0.3) is 0 Å². The first kappa shape index (κ1) is 16.3. The first-order valence-electron chi connectivity index (χ1n) is 6.49. The van der Waals surface area contributed by atoms with Gasteiger partial charge in [0.2, 0.25) is 0 Å². The summed E-state index contributed by atoms with van der Waals surface area (Å²) < 4.78 is 19.7. The van der Waals surface area contributed by atoms with Crippen LogP contribution in [0.3, 0.4) is 0 Å². The maximum absolute atomic E-state index is 12.0. The Hall–Kier alpha value is -0.720. The molecule has 1 rings (SSSR count). The van der Waals surface area contributed by atoms with Gasteiger partial charge in [-0.15, -0.1) is 11.3 Å². The molecule has 19 heavy (non-hydrogen) atoms. The Balaban J connectivity index is 2.31. The second kappa shape index (κ2) is 6.63. The third-order valence-corrected chi connectivity index (χ3v) is 4.79. The number of nitrogens with one attached hydrogen (secondary N) is 1. The van der Waals surface area contributed by atoms with E-state index in [1.165, 1.54) is 0 Å². The summed E-state index contributed by atoms with van der Waals surface area (Å²) in [5.74, 6) is 0.455. The van der Waals surface area contributed by atoms with Crippen LogP contribution >= 0.6 is 0 Å². The van der Waals surface area contributed by atoms with Crippen LogP contribution in [0.15, 0.2) is 12.7 Å². The number of hydrogen-bond donors (Lipinski definition) is 2. The molecule has 6 heteroatoms. The minimum atomic E-state index is -1.11. The van der Waals surface area contributed by atoms with Crippen molar-refractivity contribution < 1.29 is 14.1 Å². The van der Waals surface area contributed by atoms with E-state index in [1.807, 2.05) is 20.8 Å². The highest BCUT2D eigenvalue weighted by Gasteiger charge is 2.35. The first-order chi connectivity index (χ1) is 8.72. The lowest BCUT2D eigenvalue weighted by molar-refractivity contribution is 0.0183. The molecule has 1 aliphatic rings. The fourth-order valence-electron chi connectivity index (χ4n) is 1.99. The average Bonchev–Trinajstić information content (AvgIpc) is 2.22. The van der Waals surface area contributed by atoms with E-state index >= 15 is 0 Å². The zero-order chi connectivity index (χ0) is 14.6. The van der Waals surface area contributed by atoms with Crippen LogP contribution in [0, 0.1) is 5.92 Å². The Bertz CT molecular complexity index is 324. The maximum Gasteiger partial charge on any atom is 0.404 e. The van der Waals surface area contributed by atoms with Crippen molar-refractivity contribution >= 4 is 17.5 Å². The SMILES string of the molecule is C=C[C@@H](CC1CC(OC(N)=O)C1)N[S@@+]([O-])C(C)(C)C. The summed E-state index contributed by atoms with van der Waals surface area (Å²) in [4.78, 5) is 10.6. The molecule has 110 valence electrons. The standard InChI is InChI=1S/C13H24N2O3S/c1-5-10(15-19(17)13(2,3)4)6-9-7-11(8-9)18-12(14)16/h5,9-11,15H,1,6-8H2,2-4H3,(H2,14,16)/t9?,10-,11?,19-/m0/s1. The van der Waals surface area contributed by atoms with Crippen molar-refractivity contribution in [3.05, 3.63) is 12.7 Å². The fraction of sp³-hybridized carbons (Fsp3) is 0.769. The largest absolute Gasteiger partial charge is 0.598 e. The van der Waals surface area contributed by atoms with Gasteiger partial charge in [-0.3, -0.25) is 0 Å². The maximum atomic E-state index is 12.0. The van der Waals surface area contributed by atoms with Crippen LogP contribution in [0.4, 0.5) is 4.79 Å². The van der Waals surface area contributed by atoms with Crippen LogP contribution in [0.2, 0.25) is 0 Å². The number of primary amides is 1. The minimum absolute atomic E-state index is 0.0135. The van der Waals surface area contributed by atoms with Crippen molar-refractivity contribution in [2.24, 2.45) is 11.7 Å². The molecule has 0 saturated heterocycles. The van der Waals surface area contributed by atoms with Crippen LogP contribution in [-0.4, -0.2) is 27.5 Å². The number of ether oxygens (including phenoxy) is 1. The molecule has 1 fully saturated rings. The van der Waals surface area contributed by atoms with E-state index in [0.29, 0.717) is 5.92 Å². The third kappa shape index (κ3) is 5.42. The molecule has 0 bridgehead atoms. The van der Waals surface area contributed by atoms with E-state index in [0.717, 1.165) is 19.3 Å². The molecule has 3 N–H and O–H groups in total. The molecular weight excluding hydrogens is 264 g/mol. The Morgan fingerprint density at radius 1 is 1.63 bits per heavy atom. The zero-order valence-electron chi connectivity index (χ0n) is 11.8. The quantitative estimate of drug-likeness (QED) is 0.577. The lowest BCUT2D eigenvalue weighted by Crippen LogP contribution is -2.46. The van der Waals surface area contributed by atoms with Crippen molar-refractivity contribution in [1.29, 1.82) is 0 Å². The summed E-state index contributed by atoms with van der Waals surface area (Å²) in [6.45, 7) is 9.55. The molecule has 0 aliphatic heterocycles. The van der Waals surface area contributed by atoms with Crippen molar-refractivity contribution in [3.63, 3.8) is 0 Å². The van der Waals surface area contributed by atoms with Gasteiger partial charge in [0.15, 0.2) is 0 Å². The van der Waals surface area contributed by atoms with E-state index in [1.54, 1.807) is 6.08 Å². The van der Waals surface area contributed by atoms with Crippen molar-refractivity contribution in [1.82, 2.24) is 4.72 Å². The van der Waals surface area contributed by atoms with Gasteiger partial charge in [0.05, 0.1) is 6.04 Å². The molecule has 0 heterocycles. The molecule has 0 aromatic carbocycles. The second-order valence-corrected chi connectivity index (χ2v) is 7.97. The summed E-state index contributed by atoms with van der Waals surface area (Å²) in [7, 11) is 0. The summed E-state index contributed by atoms with van der Waals surface area (Å²) in [5, 5.41) is 0. The molecule has 0 aromatic rings. The minimum Gasteiger partial charge on any atom is -0.598 e. The first-order valence-corrected chi connectivity index (χ1v) is 7.64. The number of rotatable bonds is 6. The van der Waals surface area contributed by atoms with Crippen LogP contribution in [-0.2, 0) is 16.1 Å². The molecule has 5 nitrogen and oxygen atoms in total. The molecule has 0 spiro atoms.